The molecular weight excluding hydrogens is 268 g/mol. The number of rotatable bonds is 4. The summed E-state index contributed by atoms with van der Waals surface area (Å²) < 4.78 is 5.34. The lowest BCUT2D eigenvalue weighted by atomic mass is 9.80. The molecule has 1 heterocycles. The smallest absolute Gasteiger partial charge is 0.258 e. The van der Waals surface area contributed by atoms with Crippen molar-refractivity contribution in [1.82, 2.24) is 0 Å². The van der Waals surface area contributed by atoms with Crippen molar-refractivity contribution in [2.75, 3.05) is 5.73 Å². The number of carbonyl (C=O) groups excluding carboxylic acids is 1. The number of nitrogen functional groups attached to an aromatic ring is 1. The van der Waals surface area contributed by atoms with Gasteiger partial charge >= 0.3 is 0 Å². The lowest BCUT2D eigenvalue weighted by molar-refractivity contribution is 0.0999. The molecule has 0 atom stereocenters. The Morgan fingerprint density at radius 3 is 2.57 bits per heavy atom. The van der Waals surface area contributed by atoms with Crippen LogP contribution in [0.3, 0.4) is 0 Å². The summed E-state index contributed by atoms with van der Waals surface area (Å²) in [5.74, 6) is -1.11. The van der Waals surface area contributed by atoms with Crippen molar-refractivity contribution in [1.29, 1.82) is 0 Å². The molecule has 21 heavy (non-hydrogen) atoms. The highest BCUT2D eigenvalue weighted by Crippen LogP contribution is 2.30. The number of amides is 1. The molecule has 5 heteroatoms. The molecule has 112 valence electrons. The van der Waals surface area contributed by atoms with Crippen molar-refractivity contribution in [2.24, 2.45) is 5.73 Å². The summed E-state index contributed by atoms with van der Waals surface area (Å²) >= 11 is 0. The predicted molar refractivity (Wildman–Crippen MR) is 83.3 cm³/mol. The average Bonchev–Trinajstić information content (AvgIpc) is 2.37. The lowest BCUT2D eigenvalue weighted by Gasteiger charge is -2.24. The van der Waals surface area contributed by atoms with Gasteiger partial charge in [0.15, 0.2) is 0 Å². The van der Waals surface area contributed by atoms with Crippen molar-refractivity contribution >= 4 is 22.8 Å². The first-order valence-corrected chi connectivity index (χ1v) is 6.94. The van der Waals surface area contributed by atoms with E-state index in [0.717, 1.165) is 18.4 Å². The third-order valence-corrected chi connectivity index (χ3v) is 3.82. The summed E-state index contributed by atoms with van der Waals surface area (Å²) in [6.45, 7) is 6.35. The van der Waals surface area contributed by atoms with Gasteiger partial charge < -0.3 is 15.9 Å². The molecule has 2 rings (SSSR count). The number of carbonyl (C=O) groups is 1. The minimum Gasteiger partial charge on any atom is -0.440 e. The topological polar surface area (TPSA) is 99.3 Å². The zero-order valence-corrected chi connectivity index (χ0v) is 12.5. The maximum Gasteiger partial charge on any atom is 0.258 e. The van der Waals surface area contributed by atoms with E-state index in [9.17, 15) is 9.59 Å². The third kappa shape index (κ3) is 2.63. The van der Waals surface area contributed by atoms with Gasteiger partial charge in [0.05, 0.1) is 5.39 Å². The molecule has 1 aromatic heterocycles. The molecule has 0 saturated carbocycles. The zero-order valence-electron chi connectivity index (χ0n) is 12.5. The lowest BCUT2D eigenvalue weighted by Crippen LogP contribution is -2.24. The van der Waals surface area contributed by atoms with Crippen molar-refractivity contribution in [3.05, 3.63) is 39.5 Å². The first-order valence-electron chi connectivity index (χ1n) is 6.94. The fourth-order valence-electron chi connectivity index (χ4n) is 2.64. The molecule has 0 spiro atoms. The Bertz CT molecular complexity index is 760. The number of hydrogen-bond donors (Lipinski definition) is 2. The van der Waals surface area contributed by atoms with Gasteiger partial charge in [-0.1, -0.05) is 33.3 Å². The second-order valence-corrected chi connectivity index (χ2v) is 5.88. The monoisotopic (exact) mass is 288 g/mol. The van der Waals surface area contributed by atoms with Gasteiger partial charge in [-0.05, 0) is 29.5 Å². The Balaban J connectivity index is 2.73. The number of primary amides is 1. The van der Waals surface area contributed by atoms with Crippen LogP contribution in [-0.2, 0) is 5.41 Å². The highest BCUT2D eigenvalue weighted by atomic mass is 16.3. The molecule has 0 fully saturated rings. The summed E-state index contributed by atoms with van der Waals surface area (Å²) in [7, 11) is 0. The van der Waals surface area contributed by atoms with Crippen LogP contribution < -0.4 is 16.9 Å². The van der Waals surface area contributed by atoms with E-state index in [4.69, 9.17) is 15.9 Å². The van der Waals surface area contributed by atoms with Gasteiger partial charge in [0, 0.05) is 0 Å². The van der Waals surface area contributed by atoms with Crippen molar-refractivity contribution in [3.8, 4) is 0 Å². The van der Waals surface area contributed by atoms with Gasteiger partial charge in [-0.15, -0.1) is 0 Å². The Labute approximate surface area is 122 Å². The van der Waals surface area contributed by atoms with Crippen molar-refractivity contribution in [2.45, 2.75) is 39.0 Å². The molecule has 1 amide bonds. The number of fused-ring (bicyclic) bond motifs is 1. The number of benzene rings is 1. The minimum absolute atomic E-state index is 0.0658. The van der Waals surface area contributed by atoms with Crippen LogP contribution in [-0.4, -0.2) is 5.91 Å². The Morgan fingerprint density at radius 1 is 1.33 bits per heavy atom. The van der Waals surface area contributed by atoms with Crippen LogP contribution in [0.1, 0.15) is 49.5 Å². The molecule has 0 radical (unpaired) electrons. The number of nitrogens with two attached hydrogens (primary N) is 2. The van der Waals surface area contributed by atoms with Crippen LogP contribution in [0.5, 0.6) is 0 Å². The van der Waals surface area contributed by atoms with E-state index in [1.54, 1.807) is 12.1 Å². The molecule has 0 aliphatic rings. The van der Waals surface area contributed by atoms with Gasteiger partial charge in [0.25, 0.3) is 5.91 Å². The van der Waals surface area contributed by atoms with Gasteiger partial charge in [0.2, 0.25) is 11.3 Å². The average molecular weight is 288 g/mol. The van der Waals surface area contributed by atoms with E-state index >= 15 is 0 Å². The fourth-order valence-corrected chi connectivity index (χ4v) is 2.64. The maximum absolute atomic E-state index is 12.4. The van der Waals surface area contributed by atoms with E-state index in [1.807, 2.05) is 6.07 Å². The molecule has 0 aliphatic carbocycles. The highest BCUT2D eigenvalue weighted by Gasteiger charge is 2.22. The summed E-state index contributed by atoms with van der Waals surface area (Å²) in [6, 6.07) is 5.40. The first kappa shape index (κ1) is 15.1. The zero-order chi connectivity index (χ0) is 15.8. The van der Waals surface area contributed by atoms with Gasteiger partial charge in [-0.3, -0.25) is 9.59 Å². The van der Waals surface area contributed by atoms with E-state index in [-0.39, 0.29) is 16.9 Å². The van der Waals surface area contributed by atoms with Crippen LogP contribution in [0.2, 0.25) is 0 Å². The quantitative estimate of drug-likeness (QED) is 0.903. The maximum atomic E-state index is 12.4. The van der Waals surface area contributed by atoms with Crippen LogP contribution in [0.4, 0.5) is 5.88 Å². The summed E-state index contributed by atoms with van der Waals surface area (Å²) in [4.78, 5) is 23.7. The molecule has 0 aliphatic heterocycles. The van der Waals surface area contributed by atoms with E-state index in [2.05, 4.69) is 20.8 Å². The molecule has 0 saturated heterocycles. The highest BCUT2D eigenvalue weighted by molar-refractivity contribution is 5.99. The number of anilines is 1. The first-order chi connectivity index (χ1) is 9.77. The Kier molecular flexibility index (Phi) is 3.77. The van der Waals surface area contributed by atoms with Crippen LogP contribution in [0.15, 0.2) is 27.4 Å². The van der Waals surface area contributed by atoms with Gasteiger partial charge in [-0.2, -0.15) is 0 Å². The van der Waals surface area contributed by atoms with Crippen molar-refractivity contribution in [3.63, 3.8) is 0 Å². The number of hydrogen-bond acceptors (Lipinski definition) is 4. The molecule has 5 nitrogen and oxygen atoms in total. The second-order valence-electron chi connectivity index (χ2n) is 5.88. The molecule has 4 N–H and O–H groups in total. The standard InChI is InChI=1S/C16H20N2O3/c1-4-7-16(2,3)9-5-6-11-10(8-9)13(19)12(14(17)20)15(18)21-11/h5-6,8H,4,7,18H2,1-3H3,(H2,17,20). The third-order valence-electron chi connectivity index (χ3n) is 3.82. The normalized spacial score (nSPS) is 11.8. The second kappa shape index (κ2) is 5.24. The SMILES string of the molecule is CCCC(C)(C)c1ccc2oc(N)c(C(N)=O)c(=O)c2c1. The van der Waals surface area contributed by atoms with Crippen LogP contribution in [0, 0.1) is 0 Å². The molecule has 0 bridgehead atoms. The van der Waals surface area contributed by atoms with E-state index in [0.29, 0.717) is 11.0 Å². The largest absolute Gasteiger partial charge is 0.440 e. The minimum atomic E-state index is -0.874. The predicted octanol–water partition coefficient (Wildman–Crippen LogP) is 2.55. The molecule has 1 aromatic carbocycles. The Morgan fingerprint density at radius 2 is 2.00 bits per heavy atom. The Hall–Kier alpha value is -2.30. The summed E-state index contributed by atoms with van der Waals surface area (Å²) in [6.07, 6.45) is 2.02. The summed E-state index contributed by atoms with van der Waals surface area (Å²) in [5.41, 5.74) is 11.3. The molecular formula is C16H20N2O3. The van der Waals surface area contributed by atoms with Crippen molar-refractivity contribution < 1.29 is 9.21 Å². The van der Waals surface area contributed by atoms with Crippen LogP contribution in [0.25, 0.3) is 11.0 Å². The molecule has 2 aromatic rings. The van der Waals surface area contributed by atoms with E-state index in [1.165, 1.54) is 0 Å². The van der Waals surface area contributed by atoms with E-state index < -0.39 is 11.3 Å². The van der Waals surface area contributed by atoms with Gasteiger partial charge in [-0.25, -0.2) is 0 Å². The van der Waals surface area contributed by atoms with Crippen LogP contribution >= 0.6 is 0 Å². The fraction of sp³-hybridized carbons (Fsp3) is 0.375. The van der Waals surface area contributed by atoms with Gasteiger partial charge in [0.1, 0.15) is 11.1 Å². The molecule has 0 unspecified atom stereocenters. The summed E-state index contributed by atoms with van der Waals surface area (Å²) in [5, 5.41) is 0.333.